The molecular weight excluding hydrogens is 248 g/mol. The molecule has 0 saturated heterocycles. The first-order chi connectivity index (χ1) is 8.66. The van der Waals surface area contributed by atoms with Gasteiger partial charge in [-0.05, 0) is 25.1 Å². The van der Waals surface area contributed by atoms with Gasteiger partial charge in [0.25, 0.3) is 5.91 Å². The maximum atomic E-state index is 11.9. The molecule has 0 fully saturated rings. The van der Waals surface area contributed by atoms with Crippen molar-refractivity contribution in [2.24, 2.45) is 0 Å². The lowest BCUT2D eigenvalue weighted by Crippen LogP contribution is -2.41. The number of hydrogen-bond acceptors (Lipinski definition) is 4. The fraction of sp³-hybridized carbons (Fsp3) is 0.231. The largest absolute Gasteiger partial charge is 0.479 e. The summed E-state index contributed by atoms with van der Waals surface area (Å²) in [5.41, 5.74) is 4.50. The van der Waals surface area contributed by atoms with Crippen molar-refractivity contribution in [1.29, 1.82) is 0 Å². The van der Waals surface area contributed by atoms with Crippen LogP contribution in [-0.4, -0.2) is 24.0 Å². The Hall–Kier alpha value is -1.88. The van der Waals surface area contributed by atoms with Crippen molar-refractivity contribution < 1.29 is 9.53 Å². The third kappa shape index (κ3) is 1.67. The molecule has 1 atom stereocenters. The molecule has 1 aromatic heterocycles. The Balaban J connectivity index is 2.08. The summed E-state index contributed by atoms with van der Waals surface area (Å²) in [7, 11) is 1.77. The van der Waals surface area contributed by atoms with Crippen LogP contribution in [0.15, 0.2) is 29.1 Å². The van der Waals surface area contributed by atoms with Crippen molar-refractivity contribution in [2.45, 2.75) is 13.0 Å². The van der Waals surface area contributed by atoms with Gasteiger partial charge in [-0.25, -0.2) is 4.98 Å². The van der Waals surface area contributed by atoms with Crippen molar-refractivity contribution in [3.63, 3.8) is 0 Å². The molecule has 5 heteroatoms. The molecule has 0 spiro atoms. The van der Waals surface area contributed by atoms with Crippen LogP contribution in [0, 0.1) is 0 Å². The van der Waals surface area contributed by atoms with Crippen LogP contribution in [0.2, 0.25) is 0 Å². The molecule has 0 radical (unpaired) electrons. The molecule has 1 amide bonds. The number of anilines is 1. The second-order valence-electron chi connectivity index (χ2n) is 4.21. The summed E-state index contributed by atoms with van der Waals surface area (Å²) >= 11 is 1.55. The van der Waals surface area contributed by atoms with E-state index in [1.165, 1.54) is 0 Å². The molecule has 1 aliphatic rings. The van der Waals surface area contributed by atoms with Crippen LogP contribution in [0.25, 0.3) is 11.3 Å². The first-order valence-electron chi connectivity index (χ1n) is 5.63. The van der Waals surface area contributed by atoms with Crippen molar-refractivity contribution >= 4 is 22.9 Å². The lowest BCUT2D eigenvalue weighted by atomic mass is 10.1. The van der Waals surface area contributed by atoms with Crippen molar-refractivity contribution in [3.8, 4) is 17.0 Å². The zero-order chi connectivity index (χ0) is 12.7. The van der Waals surface area contributed by atoms with Gasteiger partial charge in [0.05, 0.1) is 16.9 Å². The predicted molar refractivity (Wildman–Crippen MR) is 71.1 cm³/mol. The summed E-state index contributed by atoms with van der Waals surface area (Å²) in [6, 6.07) is 5.79. The van der Waals surface area contributed by atoms with E-state index < -0.39 is 6.10 Å². The number of likely N-dealkylation sites (N-methyl/N-ethyl adjacent to an activating group) is 1. The zero-order valence-corrected chi connectivity index (χ0v) is 10.9. The summed E-state index contributed by atoms with van der Waals surface area (Å²) in [5, 5.41) is 1.98. The van der Waals surface area contributed by atoms with Crippen LogP contribution in [0.1, 0.15) is 6.92 Å². The summed E-state index contributed by atoms with van der Waals surface area (Å²) in [6.45, 7) is 1.76. The SMILES string of the molecule is CC1Oc2ccc(-c3cscn3)cc2N(C)C1=O. The van der Waals surface area contributed by atoms with Gasteiger partial charge in [-0.1, -0.05) is 0 Å². The molecule has 0 saturated carbocycles. The fourth-order valence-electron chi connectivity index (χ4n) is 2.03. The van der Waals surface area contributed by atoms with Crippen molar-refractivity contribution in [3.05, 3.63) is 29.1 Å². The van der Waals surface area contributed by atoms with Gasteiger partial charge in [-0.2, -0.15) is 0 Å². The number of benzene rings is 1. The normalized spacial score (nSPS) is 18.4. The van der Waals surface area contributed by atoms with E-state index in [0.29, 0.717) is 0 Å². The number of amides is 1. The quantitative estimate of drug-likeness (QED) is 0.791. The number of ether oxygens (including phenoxy) is 1. The Morgan fingerprint density at radius 3 is 3.00 bits per heavy atom. The van der Waals surface area contributed by atoms with Gasteiger partial charge in [-0.3, -0.25) is 4.79 Å². The number of carbonyl (C=O) groups is 1. The highest BCUT2D eigenvalue weighted by Gasteiger charge is 2.29. The Bertz CT molecular complexity index is 595. The van der Waals surface area contributed by atoms with Gasteiger partial charge in [0.1, 0.15) is 5.75 Å². The van der Waals surface area contributed by atoms with E-state index in [-0.39, 0.29) is 5.91 Å². The van der Waals surface area contributed by atoms with Gasteiger partial charge in [0.15, 0.2) is 6.10 Å². The van der Waals surface area contributed by atoms with Crippen LogP contribution < -0.4 is 9.64 Å². The number of hydrogen-bond donors (Lipinski definition) is 0. The van der Waals surface area contributed by atoms with E-state index in [9.17, 15) is 4.79 Å². The monoisotopic (exact) mass is 260 g/mol. The highest BCUT2D eigenvalue weighted by atomic mass is 32.1. The van der Waals surface area contributed by atoms with Crippen molar-refractivity contribution in [2.75, 3.05) is 11.9 Å². The average Bonchev–Trinajstić information content (AvgIpc) is 2.90. The smallest absolute Gasteiger partial charge is 0.267 e. The molecule has 1 unspecified atom stereocenters. The van der Waals surface area contributed by atoms with Gasteiger partial charge in [-0.15, -0.1) is 11.3 Å². The Kier molecular flexibility index (Phi) is 2.56. The Morgan fingerprint density at radius 2 is 2.28 bits per heavy atom. The van der Waals surface area contributed by atoms with E-state index >= 15 is 0 Å². The topological polar surface area (TPSA) is 42.4 Å². The van der Waals surface area contributed by atoms with Gasteiger partial charge in [0, 0.05) is 18.0 Å². The number of carbonyl (C=O) groups excluding carboxylic acids is 1. The van der Waals surface area contributed by atoms with Crippen LogP contribution in [-0.2, 0) is 4.79 Å². The van der Waals surface area contributed by atoms with Gasteiger partial charge in [0.2, 0.25) is 0 Å². The van der Waals surface area contributed by atoms with E-state index in [0.717, 1.165) is 22.7 Å². The molecule has 2 heterocycles. The van der Waals surface area contributed by atoms with E-state index in [1.54, 1.807) is 35.7 Å². The number of fused-ring (bicyclic) bond motifs is 1. The summed E-state index contributed by atoms with van der Waals surface area (Å²) in [6.07, 6.45) is -0.423. The maximum absolute atomic E-state index is 11.9. The second kappa shape index (κ2) is 4.10. The summed E-state index contributed by atoms with van der Waals surface area (Å²) in [5.74, 6) is 0.710. The standard InChI is InChI=1S/C13H12N2O2S/c1-8-13(16)15(2)11-5-9(3-4-12(11)17-8)10-6-18-7-14-10/h3-8H,1-2H3. The third-order valence-corrected chi connectivity index (χ3v) is 3.62. The molecule has 3 rings (SSSR count). The minimum Gasteiger partial charge on any atom is -0.479 e. The first kappa shape index (κ1) is 11.2. The van der Waals surface area contributed by atoms with Crippen LogP contribution in [0.3, 0.4) is 0 Å². The minimum atomic E-state index is -0.423. The Morgan fingerprint density at radius 1 is 1.44 bits per heavy atom. The third-order valence-electron chi connectivity index (χ3n) is 3.03. The highest BCUT2D eigenvalue weighted by Crippen LogP contribution is 2.36. The molecule has 0 N–H and O–H groups in total. The number of thiazole rings is 1. The molecule has 92 valence electrons. The average molecular weight is 260 g/mol. The second-order valence-corrected chi connectivity index (χ2v) is 4.93. The lowest BCUT2D eigenvalue weighted by molar-refractivity contribution is -0.125. The fourth-order valence-corrected chi connectivity index (χ4v) is 2.59. The summed E-state index contributed by atoms with van der Waals surface area (Å²) < 4.78 is 5.58. The molecular formula is C13H12N2O2S. The highest BCUT2D eigenvalue weighted by molar-refractivity contribution is 7.07. The Labute approximate surface area is 109 Å². The van der Waals surface area contributed by atoms with Crippen LogP contribution in [0.5, 0.6) is 5.75 Å². The lowest BCUT2D eigenvalue weighted by Gasteiger charge is -2.30. The summed E-state index contributed by atoms with van der Waals surface area (Å²) in [4.78, 5) is 17.8. The molecule has 4 nitrogen and oxygen atoms in total. The number of aromatic nitrogens is 1. The maximum Gasteiger partial charge on any atom is 0.267 e. The zero-order valence-electron chi connectivity index (χ0n) is 10.1. The van der Waals surface area contributed by atoms with Crippen LogP contribution in [0.4, 0.5) is 5.69 Å². The van der Waals surface area contributed by atoms with Gasteiger partial charge >= 0.3 is 0 Å². The minimum absolute atomic E-state index is 0.0297. The van der Waals surface area contributed by atoms with E-state index in [4.69, 9.17) is 4.74 Å². The van der Waals surface area contributed by atoms with E-state index in [1.807, 2.05) is 23.6 Å². The first-order valence-corrected chi connectivity index (χ1v) is 6.58. The number of rotatable bonds is 1. The molecule has 18 heavy (non-hydrogen) atoms. The molecule has 0 bridgehead atoms. The molecule has 2 aromatic rings. The molecule has 0 aliphatic carbocycles. The predicted octanol–water partition coefficient (Wildman–Crippen LogP) is 2.55. The van der Waals surface area contributed by atoms with Crippen LogP contribution >= 0.6 is 11.3 Å². The van der Waals surface area contributed by atoms with Gasteiger partial charge < -0.3 is 9.64 Å². The molecule has 1 aromatic carbocycles. The molecule has 1 aliphatic heterocycles. The van der Waals surface area contributed by atoms with Crippen molar-refractivity contribution in [1.82, 2.24) is 4.98 Å². The van der Waals surface area contributed by atoms with E-state index in [2.05, 4.69) is 4.98 Å². The number of nitrogens with zero attached hydrogens (tertiary/aromatic N) is 2.